The van der Waals surface area contributed by atoms with Crippen molar-refractivity contribution in [2.24, 2.45) is 0 Å². The van der Waals surface area contributed by atoms with E-state index in [-0.39, 0.29) is 17.2 Å². The average Bonchev–Trinajstić information content (AvgIpc) is 2.67. The fourth-order valence-electron chi connectivity index (χ4n) is 3.41. The number of fused-ring (bicyclic) bond motifs is 1. The molecule has 1 atom stereocenters. The molecular weight excluding hydrogens is 401 g/mol. The molecule has 8 heteroatoms. The van der Waals surface area contributed by atoms with Gasteiger partial charge in [0.05, 0.1) is 6.61 Å². The summed E-state index contributed by atoms with van der Waals surface area (Å²) >= 11 is 12.5. The second kappa shape index (κ2) is 9.56. The highest BCUT2D eigenvalue weighted by atomic mass is 35.5. The Morgan fingerprint density at radius 2 is 2.07 bits per heavy atom. The predicted octanol–water partition coefficient (Wildman–Crippen LogP) is 3.23. The van der Waals surface area contributed by atoms with E-state index in [4.69, 9.17) is 27.9 Å². The molecule has 0 saturated heterocycles. The largest absolute Gasteiger partial charge is 0.383 e. The number of ether oxygens (including phenoxy) is 1. The summed E-state index contributed by atoms with van der Waals surface area (Å²) in [7, 11) is 1.55. The maximum atomic E-state index is 12.4. The molecule has 3 rings (SSSR count). The van der Waals surface area contributed by atoms with E-state index in [9.17, 15) is 9.59 Å². The number of nitrogens with one attached hydrogen (secondary N) is 3. The van der Waals surface area contributed by atoms with E-state index >= 15 is 0 Å². The molecule has 150 valence electrons. The van der Waals surface area contributed by atoms with E-state index in [0.717, 1.165) is 36.1 Å². The third-order valence-corrected chi connectivity index (χ3v) is 5.58. The number of aromatic nitrogens is 1. The molecule has 28 heavy (non-hydrogen) atoms. The molecule has 2 aromatic rings. The number of aromatic amines is 1. The van der Waals surface area contributed by atoms with E-state index < -0.39 is 5.91 Å². The van der Waals surface area contributed by atoms with Gasteiger partial charge in [-0.05, 0) is 43.0 Å². The number of benzene rings is 1. The quantitative estimate of drug-likeness (QED) is 0.596. The van der Waals surface area contributed by atoms with Crippen molar-refractivity contribution in [2.45, 2.75) is 31.8 Å². The summed E-state index contributed by atoms with van der Waals surface area (Å²) in [4.78, 5) is 27.6. The highest BCUT2D eigenvalue weighted by Gasteiger charge is 2.24. The highest BCUT2D eigenvalue weighted by Crippen LogP contribution is 2.30. The zero-order valence-corrected chi connectivity index (χ0v) is 17.1. The van der Waals surface area contributed by atoms with Gasteiger partial charge in [-0.2, -0.15) is 0 Å². The number of pyridine rings is 1. The van der Waals surface area contributed by atoms with Gasteiger partial charge in [0.15, 0.2) is 0 Å². The summed E-state index contributed by atoms with van der Waals surface area (Å²) in [5.74, 6) is -0.403. The van der Waals surface area contributed by atoms with Crippen LogP contribution in [0.2, 0.25) is 10.0 Å². The predicted molar refractivity (Wildman–Crippen MR) is 110 cm³/mol. The second-order valence-electron chi connectivity index (χ2n) is 6.72. The van der Waals surface area contributed by atoms with Crippen LogP contribution in [0.15, 0.2) is 29.1 Å². The van der Waals surface area contributed by atoms with Crippen molar-refractivity contribution in [3.8, 4) is 0 Å². The van der Waals surface area contributed by atoms with Crippen molar-refractivity contribution in [3.63, 3.8) is 0 Å². The number of rotatable bonds is 7. The average molecular weight is 424 g/mol. The van der Waals surface area contributed by atoms with Gasteiger partial charge in [-0.1, -0.05) is 29.3 Å². The van der Waals surface area contributed by atoms with Crippen molar-refractivity contribution in [3.05, 3.63) is 67.0 Å². The monoisotopic (exact) mass is 423 g/mol. The van der Waals surface area contributed by atoms with Gasteiger partial charge in [-0.25, -0.2) is 0 Å². The Morgan fingerprint density at radius 1 is 1.32 bits per heavy atom. The van der Waals surface area contributed by atoms with E-state index in [1.165, 1.54) is 0 Å². The van der Waals surface area contributed by atoms with Crippen LogP contribution in [0.25, 0.3) is 0 Å². The number of hydrogen-bond acceptors (Lipinski definition) is 4. The zero-order valence-electron chi connectivity index (χ0n) is 15.6. The number of aryl methyl sites for hydroxylation is 1. The first-order valence-corrected chi connectivity index (χ1v) is 9.96. The maximum Gasteiger partial charge on any atom is 0.261 e. The molecule has 0 aliphatic heterocycles. The molecule has 3 N–H and O–H groups in total. The standard InChI is InChI=1S/C20H23Cl2N3O3/c1-28-9-8-23-19(26)13-10-12-17(6-3-7-18(12)25-20(13)27)24-11-14-15(21)4-2-5-16(14)22/h2,4-5,10,17,24H,3,6-9,11H2,1H3,(H,23,26)(H,25,27). The number of H-pyrrole nitrogens is 1. The Hall–Kier alpha value is -1.86. The van der Waals surface area contributed by atoms with Crippen molar-refractivity contribution in [1.29, 1.82) is 0 Å². The lowest BCUT2D eigenvalue weighted by Gasteiger charge is -2.27. The van der Waals surface area contributed by atoms with Gasteiger partial charge in [0, 0.05) is 47.5 Å². The van der Waals surface area contributed by atoms with Gasteiger partial charge in [0.2, 0.25) is 0 Å². The van der Waals surface area contributed by atoms with Crippen LogP contribution in [0, 0.1) is 0 Å². The van der Waals surface area contributed by atoms with E-state index in [2.05, 4.69) is 15.6 Å². The third kappa shape index (κ3) is 4.75. The molecule has 1 heterocycles. The van der Waals surface area contributed by atoms with Crippen LogP contribution in [0.5, 0.6) is 0 Å². The van der Waals surface area contributed by atoms with Crippen molar-refractivity contribution >= 4 is 29.1 Å². The second-order valence-corrected chi connectivity index (χ2v) is 7.54. The zero-order chi connectivity index (χ0) is 20.1. The van der Waals surface area contributed by atoms with Gasteiger partial charge in [0.25, 0.3) is 11.5 Å². The Morgan fingerprint density at radius 3 is 2.79 bits per heavy atom. The van der Waals surface area contributed by atoms with E-state index in [1.807, 2.05) is 6.07 Å². The summed E-state index contributed by atoms with van der Waals surface area (Å²) < 4.78 is 4.93. The smallest absolute Gasteiger partial charge is 0.261 e. The molecule has 1 aromatic heterocycles. The fourth-order valence-corrected chi connectivity index (χ4v) is 3.94. The normalized spacial score (nSPS) is 15.9. The van der Waals surface area contributed by atoms with Crippen LogP contribution in [-0.4, -0.2) is 31.2 Å². The molecule has 0 saturated carbocycles. The number of methoxy groups -OCH3 is 1. The molecule has 1 unspecified atom stereocenters. The lowest BCUT2D eigenvalue weighted by Crippen LogP contribution is -2.34. The first-order valence-electron chi connectivity index (χ1n) is 9.20. The summed E-state index contributed by atoms with van der Waals surface area (Å²) in [5.41, 5.74) is 2.38. The van der Waals surface area contributed by atoms with E-state index in [1.54, 1.807) is 25.3 Å². The summed E-state index contributed by atoms with van der Waals surface area (Å²) in [5, 5.41) is 7.38. The molecular formula is C20H23Cl2N3O3. The molecule has 1 aromatic carbocycles. The maximum absolute atomic E-state index is 12.4. The Balaban J connectivity index is 1.81. The van der Waals surface area contributed by atoms with Crippen molar-refractivity contribution in [1.82, 2.24) is 15.6 Å². The van der Waals surface area contributed by atoms with Crippen LogP contribution < -0.4 is 16.2 Å². The molecule has 1 aliphatic rings. The molecule has 1 aliphatic carbocycles. The van der Waals surface area contributed by atoms with Gasteiger partial charge >= 0.3 is 0 Å². The van der Waals surface area contributed by atoms with Crippen LogP contribution in [-0.2, 0) is 17.7 Å². The summed E-state index contributed by atoms with van der Waals surface area (Å²) in [6, 6.07) is 7.11. The number of carbonyl (C=O) groups excluding carboxylic acids is 1. The lowest BCUT2D eigenvalue weighted by molar-refractivity contribution is 0.0935. The van der Waals surface area contributed by atoms with Gasteiger partial charge in [0.1, 0.15) is 5.56 Å². The Bertz CT molecular complexity index is 894. The minimum Gasteiger partial charge on any atom is -0.383 e. The summed E-state index contributed by atoms with van der Waals surface area (Å²) in [6.07, 6.45) is 2.61. The highest BCUT2D eigenvalue weighted by molar-refractivity contribution is 6.35. The first kappa shape index (κ1) is 20.9. The Labute approximate surface area is 173 Å². The topological polar surface area (TPSA) is 83.2 Å². The SMILES string of the molecule is COCCNC(=O)c1cc2c([nH]c1=O)CCCC2NCc1c(Cl)cccc1Cl. The number of amides is 1. The Kier molecular flexibility index (Phi) is 7.13. The molecule has 1 amide bonds. The van der Waals surface area contributed by atoms with Crippen LogP contribution in [0.1, 0.15) is 46.1 Å². The summed E-state index contributed by atoms with van der Waals surface area (Å²) in [6.45, 7) is 1.23. The molecule has 6 nitrogen and oxygen atoms in total. The van der Waals surface area contributed by atoms with Gasteiger partial charge in [-0.15, -0.1) is 0 Å². The van der Waals surface area contributed by atoms with E-state index in [0.29, 0.717) is 29.7 Å². The third-order valence-electron chi connectivity index (χ3n) is 4.88. The van der Waals surface area contributed by atoms with Crippen molar-refractivity contribution in [2.75, 3.05) is 20.3 Å². The van der Waals surface area contributed by atoms with Crippen LogP contribution in [0.4, 0.5) is 0 Å². The number of halogens is 2. The molecule has 0 fully saturated rings. The van der Waals surface area contributed by atoms with Crippen LogP contribution in [0.3, 0.4) is 0 Å². The van der Waals surface area contributed by atoms with Crippen LogP contribution >= 0.6 is 23.2 Å². The van der Waals surface area contributed by atoms with Crippen molar-refractivity contribution < 1.29 is 9.53 Å². The molecule has 0 radical (unpaired) electrons. The number of carbonyl (C=O) groups is 1. The minimum absolute atomic E-state index is 0.00142. The first-order chi connectivity index (χ1) is 13.5. The minimum atomic E-state index is -0.403. The molecule has 0 spiro atoms. The van der Waals surface area contributed by atoms with Gasteiger partial charge in [-0.3, -0.25) is 9.59 Å². The van der Waals surface area contributed by atoms with Gasteiger partial charge < -0.3 is 20.4 Å². The lowest BCUT2D eigenvalue weighted by atomic mass is 9.90. The molecule has 0 bridgehead atoms. The number of hydrogen-bond donors (Lipinski definition) is 3. The fraction of sp³-hybridized carbons (Fsp3) is 0.400.